The molecule has 0 spiro atoms. The standard InChI is InChI=1S/C43H63NO6Si2/c1-41(2,3)51(8,9)49-33-20-22-35(38(45)28-33)37-30-48-39-29-34(50-52(10,11)42(4,5)6)21-23-36(39)40(37)43(7,46)31-16-18-32(19-17-31)47-27-15-26-44-24-13-12-14-25-44/h16-23,28-29,45-46H,12-15,24-27,30H2,1-11H3. The molecule has 9 heteroatoms. The van der Waals surface area contributed by atoms with E-state index in [2.05, 4.69) is 72.6 Å². The largest absolute Gasteiger partial charge is 0.543 e. The van der Waals surface area contributed by atoms with Gasteiger partial charge in [0, 0.05) is 41.0 Å². The highest BCUT2D eigenvalue weighted by atomic mass is 28.4. The van der Waals surface area contributed by atoms with E-state index in [0.717, 1.165) is 30.0 Å². The minimum Gasteiger partial charge on any atom is -0.543 e. The van der Waals surface area contributed by atoms with Crippen molar-refractivity contribution in [2.45, 2.75) is 116 Å². The number of fused-ring (bicyclic) bond motifs is 1. The summed E-state index contributed by atoms with van der Waals surface area (Å²) >= 11 is 0. The maximum Gasteiger partial charge on any atom is 0.250 e. The second-order valence-electron chi connectivity index (χ2n) is 17.9. The smallest absolute Gasteiger partial charge is 0.250 e. The van der Waals surface area contributed by atoms with Crippen molar-refractivity contribution in [3.05, 3.63) is 77.4 Å². The van der Waals surface area contributed by atoms with E-state index in [1.165, 1.54) is 32.4 Å². The summed E-state index contributed by atoms with van der Waals surface area (Å²) in [5, 5.41) is 24.2. The van der Waals surface area contributed by atoms with E-state index >= 15 is 0 Å². The van der Waals surface area contributed by atoms with Crippen molar-refractivity contribution in [2.24, 2.45) is 0 Å². The lowest BCUT2D eigenvalue weighted by atomic mass is 9.78. The molecule has 52 heavy (non-hydrogen) atoms. The highest BCUT2D eigenvalue weighted by molar-refractivity contribution is 6.75. The fourth-order valence-electron chi connectivity index (χ4n) is 6.45. The van der Waals surface area contributed by atoms with E-state index in [9.17, 15) is 10.2 Å². The number of nitrogens with zero attached hydrogens (tertiary/aromatic N) is 1. The molecule has 1 unspecified atom stereocenters. The zero-order valence-corrected chi connectivity index (χ0v) is 35.6. The molecule has 2 aliphatic rings. The van der Waals surface area contributed by atoms with Gasteiger partial charge in [-0.3, -0.25) is 0 Å². The Balaban J connectivity index is 1.49. The number of phenolic OH excluding ortho intramolecular Hbond substituents is 1. The van der Waals surface area contributed by atoms with Crippen LogP contribution in [0.15, 0.2) is 60.7 Å². The molecular weight excluding hydrogens is 683 g/mol. The van der Waals surface area contributed by atoms with Crippen LogP contribution in [0.1, 0.15) is 90.8 Å². The van der Waals surface area contributed by atoms with Gasteiger partial charge in [0.1, 0.15) is 41.0 Å². The molecule has 0 aliphatic carbocycles. The third-order valence-electron chi connectivity index (χ3n) is 11.8. The molecule has 0 saturated carbocycles. The molecule has 0 aromatic heterocycles. The third-order valence-corrected chi connectivity index (χ3v) is 20.5. The van der Waals surface area contributed by atoms with Crippen molar-refractivity contribution in [1.29, 1.82) is 0 Å². The lowest BCUT2D eigenvalue weighted by Gasteiger charge is -2.38. The molecule has 1 fully saturated rings. The van der Waals surface area contributed by atoms with Gasteiger partial charge in [-0.25, -0.2) is 0 Å². The Morgan fingerprint density at radius 3 is 1.81 bits per heavy atom. The van der Waals surface area contributed by atoms with Gasteiger partial charge in [-0.2, -0.15) is 0 Å². The average molecular weight is 746 g/mol. The van der Waals surface area contributed by atoms with E-state index in [4.69, 9.17) is 18.3 Å². The molecule has 7 nitrogen and oxygen atoms in total. The summed E-state index contributed by atoms with van der Waals surface area (Å²) in [6, 6.07) is 19.1. The van der Waals surface area contributed by atoms with Crippen LogP contribution >= 0.6 is 0 Å². The van der Waals surface area contributed by atoms with Crippen LogP contribution in [0.4, 0.5) is 0 Å². The molecule has 1 atom stereocenters. The van der Waals surface area contributed by atoms with Crippen LogP contribution in [-0.2, 0) is 5.60 Å². The monoisotopic (exact) mass is 745 g/mol. The van der Waals surface area contributed by atoms with Crippen LogP contribution < -0.4 is 18.3 Å². The fraction of sp³-hybridized carbons (Fsp3) is 0.535. The van der Waals surface area contributed by atoms with Crippen LogP contribution in [-0.4, -0.2) is 64.6 Å². The van der Waals surface area contributed by atoms with Gasteiger partial charge < -0.3 is 33.4 Å². The molecule has 1 saturated heterocycles. The summed E-state index contributed by atoms with van der Waals surface area (Å²) < 4.78 is 25.7. The maximum absolute atomic E-state index is 12.6. The van der Waals surface area contributed by atoms with Gasteiger partial charge >= 0.3 is 0 Å². The number of likely N-dealkylation sites (tertiary alicyclic amines) is 1. The van der Waals surface area contributed by atoms with Gasteiger partial charge in [-0.05, 0) is 118 Å². The van der Waals surface area contributed by atoms with Crippen molar-refractivity contribution < 1.29 is 28.5 Å². The average Bonchev–Trinajstić information content (AvgIpc) is 3.05. The number of benzene rings is 3. The van der Waals surface area contributed by atoms with Crippen LogP contribution in [0.2, 0.25) is 36.3 Å². The quantitative estimate of drug-likeness (QED) is 0.141. The lowest BCUT2D eigenvalue weighted by molar-refractivity contribution is 0.121. The van der Waals surface area contributed by atoms with Crippen molar-refractivity contribution in [3.63, 3.8) is 0 Å². The van der Waals surface area contributed by atoms with Gasteiger partial charge in [0.15, 0.2) is 0 Å². The highest BCUT2D eigenvalue weighted by Crippen LogP contribution is 2.50. The molecule has 2 heterocycles. The SMILES string of the molecule is CC(O)(C1=C(c2ccc(O[Si](C)(C)C(C)(C)C)cc2O)COc2cc(O[Si](C)(C)C(C)(C)C)ccc21)c1ccc(OCCCN2CCCCC2)cc1. The molecule has 0 bridgehead atoms. The Labute approximate surface area is 315 Å². The first-order chi connectivity index (χ1) is 24.2. The second kappa shape index (κ2) is 15.2. The number of aliphatic hydroxyl groups is 1. The van der Waals surface area contributed by atoms with E-state index in [0.29, 0.717) is 40.4 Å². The predicted octanol–water partition coefficient (Wildman–Crippen LogP) is 10.6. The normalized spacial score (nSPS) is 17.2. The Morgan fingerprint density at radius 1 is 0.712 bits per heavy atom. The van der Waals surface area contributed by atoms with Gasteiger partial charge in [0.2, 0.25) is 16.6 Å². The minimum atomic E-state index is -2.13. The molecule has 0 radical (unpaired) electrons. The van der Waals surface area contributed by atoms with Gasteiger partial charge in [0.25, 0.3) is 0 Å². The first-order valence-corrected chi connectivity index (χ1v) is 24.9. The summed E-state index contributed by atoms with van der Waals surface area (Å²) in [6.07, 6.45) is 4.90. The topological polar surface area (TPSA) is 80.6 Å². The van der Waals surface area contributed by atoms with Gasteiger partial charge in [0.05, 0.1) is 6.61 Å². The second-order valence-corrected chi connectivity index (χ2v) is 27.4. The summed E-state index contributed by atoms with van der Waals surface area (Å²) in [5.41, 5.74) is 2.02. The fourth-order valence-corrected chi connectivity index (χ4v) is 8.50. The number of aromatic hydroxyl groups is 1. The first kappa shape index (κ1) is 39.9. The zero-order valence-electron chi connectivity index (χ0n) is 33.6. The van der Waals surface area contributed by atoms with E-state index < -0.39 is 22.2 Å². The lowest BCUT2D eigenvalue weighted by Crippen LogP contribution is -2.43. The van der Waals surface area contributed by atoms with Crippen molar-refractivity contribution in [1.82, 2.24) is 4.90 Å². The predicted molar refractivity (Wildman–Crippen MR) is 219 cm³/mol. The molecule has 2 N–H and O–H groups in total. The number of hydrogen-bond donors (Lipinski definition) is 2. The molecular formula is C43H63NO6Si2. The zero-order chi connectivity index (χ0) is 38.1. The Bertz CT molecular complexity index is 1730. The molecule has 3 aromatic rings. The summed E-state index contributed by atoms with van der Waals surface area (Å²) in [6.45, 7) is 28.2. The van der Waals surface area contributed by atoms with E-state index in [-0.39, 0.29) is 22.4 Å². The first-order valence-electron chi connectivity index (χ1n) is 19.1. The van der Waals surface area contributed by atoms with Crippen molar-refractivity contribution >= 4 is 27.8 Å². The number of ether oxygens (including phenoxy) is 2. The third kappa shape index (κ3) is 8.92. The molecule has 2 aliphatic heterocycles. The summed E-state index contributed by atoms with van der Waals surface area (Å²) in [7, 11) is -4.23. The van der Waals surface area contributed by atoms with Crippen LogP contribution in [0, 0.1) is 0 Å². The van der Waals surface area contributed by atoms with Crippen LogP contribution in [0.5, 0.6) is 28.7 Å². The van der Waals surface area contributed by atoms with E-state index in [1.54, 1.807) is 6.07 Å². The summed E-state index contributed by atoms with van der Waals surface area (Å²) in [4.78, 5) is 2.53. The summed E-state index contributed by atoms with van der Waals surface area (Å²) in [5.74, 6) is 2.89. The minimum absolute atomic E-state index is 0.0113. The number of rotatable bonds is 12. The highest BCUT2D eigenvalue weighted by Gasteiger charge is 2.41. The van der Waals surface area contributed by atoms with E-state index in [1.807, 2.05) is 61.5 Å². The van der Waals surface area contributed by atoms with Gasteiger partial charge in [-0.15, -0.1) is 0 Å². The number of phenols is 1. The van der Waals surface area contributed by atoms with Crippen molar-refractivity contribution in [2.75, 3.05) is 32.8 Å². The van der Waals surface area contributed by atoms with Crippen LogP contribution in [0.25, 0.3) is 11.1 Å². The van der Waals surface area contributed by atoms with Crippen molar-refractivity contribution in [3.8, 4) is 28.7 Å². The van der Waals surface area contributed by atoms with Crippen LogP contribution in [0.3, 0.4) is 0 Å². The maximum atomic E-state index is 12.6. The molecule has 0 amide bonds. The Kier molecular flexibility index (Phi) is 11.7. The van der Waals surface area contributed by atoms with Gasteiger partial charge in [-0.1, -0.05) is 60.1 Å². The number of hydrogen-bond acceptors (Lipinski definition) is 7. The number of piperidine rings is 1. The molecule has 3 aromatic carbocycles. The Morgan fingerprint density at radius 2 is 1.25 bits per heavy atom. The molecule has 5 rings (SSSR count). The Hall–Kier alpha value is -3.25. The molecule has 284 valence electrons.